The van der Waals surface area contributed by atoms with Crippen LogP contribution in [0.1, 0.15) is 40.9 Å². The highest BCUT2D eigenvalue weighted by molar-refractivity contribution is 6.33. The normalized spacial score (nSPS) is 15.0. The average Bonchev–Trinajstić information content (AvgIpc) is 2.66. The van der Waals surface area contributed by atoms with Crippen LogP contribution >= 0.6 is 11.6 Å². The van der Waals surface area contributed by atoms with E-state index in [9.17, 15) is 14.4 Å². The number of fused-ring (bicyclic) bond motifs is 1. The first-order valence-electron chi connectivity index (χ1n) is 8.37. The molecule has 0 fully saturated rings. The average molecular weight is 384 g/mol. The molecule has 0 bridgehead atoms. The van der Waals surface area contributed by atoms with E-state index in [1.807, 2.05) is 30.3 Å². The van der Waals surface area contributed by atoms with Gasteiger partial charge < -0.3 is 4.90 Å². The molecule has 0 spiro atoms. The summed E-state index contributed by atoms with van der Waals surface area (Å²) in [5.74, 6) is -1.10. The molecule has 0 unspecified atom stereocenters. The number of hydrazine groups is 1. The van der Waals surface area contributed by atoms with Crippen molar-refractivity contribution in [2.75, 3.05) is 0 Å². The smallest absolute Gasteiger partial charge is 0.271 e. The second kappa shape index (κ2) is 8.05. The predicted octanol–water partition coefficient (Wildman–Crippen LogP) is 3.07. The Morgan fingerprint density at radius 2 is 1.74 bits per heavy atom. The third kappa shape index (κ3) is 4.17. The van der Waals surface area contributed by atoms with Gasteiger partial charge >= 0.3 is 0 Å². The zero-order valence-electron chi connectivity index (χ0n) is 14.6. The number of carbonyl (C=O) groups is 3. The zero-order chi connectivity index (χ0) is 19.4. The van der Waals surface area contributed by atoms with Crippen molar-refractivity contribution >= 4 is 35.4 Å². The highest BCUT2D eigenvalue weighted by Crippen LogP contribution is 2.32. The van der Waals surface area contributed by atoms with Crippen LogP contribution in [0.3, 0.4) is 0 Å². The number of amides is 3. The van der Waals surface area contributed by atoms with Crippen molar-refractivity contribution in [1.29, 1.82) is 0 Å². The minimum absolute atomic E-state index is 0.00371. The summed E-state index contributed by atoms with van der Waals surface area (Å²) in [5.41, 5.74) is 6.83. The molecule has 0 saturated heterocycles. The predicted molar refractivity (Wildman–Crippen MR) is 102 cm³/mol. The van der Waals surface area contributed by atoms with Crippen LogP contribution in [0.5, 0.6) is 0 Å². The lowest BCUT2D eigenvalue weighted by Crippen LogP contribution is -2.43. The number of benzene rings is 2. The molecule has 3 amide bonds. The van der Waals surface area contributed by atoms with E-state index in [2.05, 4.69) is 10.9 Å². The van der Waals surface area contributed by atoms with Gasteiger partial charge in [0.15, 0.2) is 0 Å². The maximum absolute atomic E-state index is 12.4. The van der Waals surface area contributed by atoms with Gasteiger partial charge in [0.2, 0.25) is 11.8 Å². The number of hydrogen-bond donors (Lipinski definition) is 2. The van der Waals surface area contributed by atoms with E-state index in [4.69, 9.17) is 11.6 Å². The third-order valence-electron chi connectivity index (χ3n) is 4.28. The van der Waals surface area contributed by atoms with E-state index < -0.39 is 17.9 Å². The van der Waals surface area contributed by atoms with Crippen molar-refractivity contribution in [3.8, 4) is 0 Å². The molecule has 1 aliphatic rings. The van der Waals surface area contributed by atoms with Gasteiger partial charge in [-0.15, -0.1) is 0 Å². The summed E-state index contributed by atoms with van der Waals surface area (Å²) in [7, 11) is 0. The maximum Gasteiger partial charge on any atom is 0.271 e. The lowest BCUT2D eigenvalue weighted by molar-refractivity contribution is -0.130. The SMILES string of the molecule is CC(=O)N1C=Cc2ccccc2[C@@H]1CC(=O)NNC(=O)c1ccccc1Cl. The van der Waals surface area contributed by atoms with Gasteiger partial charge in [-0.05, 0) is 29.3 Å². The fourth-order valence-electron chi connectivity index (χ4n) is 2.98. The number of nitrogens with zero attached hydrogens (tertiary/aromatic N) is 1. The molecular formula is C20H18ClN3O3. The summed E-state index contributed by atoms with van der Waals surface area (Å²) in [4.78, 5) is 38.0. The molecule has 0 aliphatic carbocycles. The summed E-state index contributed by atoms with van der Waals surface area (Å²) in [6.45, 7) is 1.45. The monoisotopic (exact) mass is 383 g/mol. The first kappa shape index (κ1) is 18.7. The minimum Gasteiger partial charge on any atom is -0.311 e. The van der Waals surface area contributed by atoms with Crippen LogP contribution in [0, 0.1) is 0 Å². The number of carbonyl (C=O) groups excluding carboxylic acids is 3. The number of nitrogens with one attached hydrogen (secondary N) is 2. The Morgan fingerprint density at radius 1 is 1.04 bits per heavy atom. The standard InChI is InChI=1S/C20H18ClN3O3/c1-13(25)24-11-10-14-6-2-3-7-15(14)18(24)12-19(26)22-23-20(27)16-8-4-5-9-17(16)21/h2-11,18H,12H2,1H3,(H,22,26)(H,23,27)/t18-/m0/s1. The van der Waals surface area contributed by atoms with Gasteiger partial charge in [-0.25, -0.2) is 0 Å². The zero-order valence-corrected chi connectivity index (χ0v) is 15.4. The second-order valence-corrected chi connectivity index (χ2v) is 6.48. The van der Waals surface area contributed by atoms with Crippen LogP contribution < -0.4 is 10.9 Å². The molecule has 1 atom stereocenters. The van der Waals surface area contributed by atoms with E-state index in [1.165, 1.54) is 11.8 Å². The molecule has 1 heterocycles. The summed E-state index contributed by atoms with van der Waals surface area (Å²) in [6, 6.07) is 13.7. The molecule has 2 aromatic rings. The van der Waals surface area contributed by atoms with Crippen molar-refractivity contribution in [2.45, 2.75) is 19.4 Å². The molecule has 138 valence electrons. The van der Waals surface area contributed by atoms with Gasteiger partial charge in [0, 0.05) is 13.1 Å². The van der Waals surface area contributed by atoms with Crippen molar-refractivity contribution in [2.24, 2.45) is 0 Å². The molecule has 0 radical (unpaired) electrons. The maximum atomic E-state index is 12.4. The molecule has 27 heavy (non-hydrogen) atoms. The first-order valence-corrected chi connectivity index (χ1v) is 8.75. The second-order valence-electron chi connectivity index (χ2n) is 6.07. The van der Waals surface area contributed by atoms with Crippen molar-refractivity contribution in [3.05, 3.63) is 76.4 Å². The Kier molecular flexibility index (Phi) is 5.57. The number of rotatable bonds is 3. The Balaban J connectivity index is 1.69. The summed E-state index contributed by atoms with van der Waals surface area (Å²) in [6.07, 6.45) is 3.51. The molecule has 1 aliphatic heterocycles. The van der Waals surface area contributed by atoms with Crippen LogP contribution in [0.2, 0.25) is 5.02 Å². The van der Waals surface area contributed by atoms with E-state index in [0.717, 1.165) is 11.1 Å². The van der Waals surface area contributed by atoms with E-state index >= 15 is 0 Å². The summed E-state index contributed by atoms with van der Waals surface area (Å²) >= 11 is 5.97. The summed E-state index contributed by atoms with van der Waals surface area (Å²) < 4.78 is 0. The van der Waals surface area contributed by atoms with Crippen LogP contribution in [-0.2, 0) is 9.59 Å². The van der Waals surface area contributed by atoms with Crippen LogP contribution in [0.25, 0.3) is 6.08 Å². The molecule has 0 saturated carbocycles. The Morgan fingerprint density at radius 3 is 2.48 bits per heavy atom. The molecular weight excluding hydrogens is 366 g/mol. The van der Waals surface area contributed by atoms with Crippen molar-refractivity contribution < 1.29 is 14.4 Å². The van der Waals surface area contributed by atoms with Crippen LogP contribution in [-0.4, -0.2) is 22.6 Å². The number of halogens is 1. The molecule has 0 aromatic heterocycles. The molecule has 6 nitrogen and oxygen atoms in total. The van der Waals surface area contributed by atoms with Gasteiger partial charge in [0.25, 0.3) is 5.91 Å². The topological polar surface area (TPSA) is 78.5 Å². The van der Waals surface area contributed by atoms with Gasteiger partial charge in [-0.2, -0.15) is 0 Å². The highest BCUT2D eigenvalue weighted by atomic mass is 35.5. The van der Waals surface area contributed by atoms with E-state index in [1.54, 1.807) is 30.5 Å². The van der Waals surface area contributed by atoms with Crippen LogP contribution in [0.15, 0.2) is 54.7 Å². The largest absolute Gasteiger partial charge is 0.311 e. The van der Waals surface area contributed by atoms with Gasteiger partial charge in [0.1, 0.15) is 0 Å². The lowest BCUT2D eigenvalue weighted by Gasteiger charge is -2.32. The van der Waals surface area contributed by atoms with Crippen molar-refractivity contribution in [3.63, 3.8) is 0 Å². The molecule has 2 aromatic carbocycles. The molecule has 7 heteroatoms. The molecule has 2 N–H and O–H groups in total. The Hall–Kier alpha value is -3.12. The Bertz CT molecular complexity index is 926. The fraction of sp³-hybridized carbons (Fsp3) is 0.150. The first-order chi connectivity index (χ1) is 13.0. The fourth-order valence-corrected chi connectivity index (χ4v) is 3.20. The lowest BCUT2D eigenvalue weighted by atomic mass is 9.93. The van der Waals surface area contributed by atoms with Crippen LogP contribution in [0.4, 0.5) is 0 Å². The molecule has 3 rings (SSSR count). The highest BCUT2D eigenvalue weighted by Gasteiger charge is 2.28. The van der Waals surface area contributed by atoms with E-state index in [-0.39, 0.29) is 17.9 Å². The van der Waals surface area contributed by atoms with Gasteiger partial charge in [-0.3, -0.25) is 25.2 Å². The van der Waals surface area contributed by atoms with E-state index in [0.29, 0.717) is 5.02 Å². The summed E-state index contributed by atoms with van der Waals surface area (Å²) in [5, 5.41) is 0.290. The number of hydrogen-bond acceptors (Lipinski definition) is 3. The third-order valence-corrected chi connectivity index (χ3v) is 4.61. The quantitative estimate of drug-likeness (QED) is 0.799. The van der Waals surface area contributed by atoms with Crippen molar-refractivity contribution in [1.82, 2.24) is 15.8 Å². The minimum atomic E-state index is -0.513. The Labute approximate surface area is 161 Å². The van der Waals surface area contributed by atoms with Gasteiger partial charge in [-0.1, -0.05) is 48.0 Å². The van der Waals surface area contributed by atoms with Gasteiger partial charge in [0.05, 0.1) is 23.0 Å².